The largest absolute Gasteiger partial charge is 0.323 e. The zero-order valence-corrected chi connectivity index (χ0v) is 15.7. The van der Waals surface area contributed by atoms with E-state index in [1.54, 1.807) is 11.0 Å². The molecule has 2 unspecified atom stereocenters. The van der Waals surface area contributed by atoms with Gasteiger partial charge in [-0.15, -0.1) is 0 Å². The zero-order chi connectivity index (χ0) is 19.0. The number of piperidine rings is 1. The van der Waals surface area contributed by atoms with Gasteiger partial charge in [0.1, 0.15) is 6.54 Å². The first-order valence-electron chi connectivity index (χ1n) is 9.83. The summed E-state index contributed by atoms with van der Waals surface area (Å²) >= 11 is 0. The van der Waals surface area contributed by atoms with Gasteiger partial charge in [0.15, 0.2) is 5.82 Å². The van der Waals surface area contributed by atoms with Crippen LogP contribution in [0, 0.1) is 0 Å². The predicted octanol–water partition coefficient (Wildman–Crippen LogP) is 1.92. The van der Waals surface area contributed by atoms with Crippen LogP contribution < -0.4 is 5.32 Å². The lowest BCUT2D eigenvalue weighted by Gasteiger charge is -2.44. The van der Waals surface area contributed by atoms with E-state index in [1.807, 2.05) is 0 Å². The molecule has 4 heterocycles. The Balaban J connectivity index is 1.25. The van der Waals surface area contributed by atoms with Crippen molar-refractivity contribution in [3.05, 3.63) is 12.3 Å². The minimum atomic E-state index is -2.46. The Morgan fingerprint density at radius 1 is 1.19 bits per heavy atom. The van der Waals surface area contributed by atoms with Crippen LogP contribution in [0.25, 0.3) is 0 Å². The number of alkyl halides is 2. The van der Waals surface area contributed by atoms with Crippen LogP contribution in [0.5, 0.6) is 0 Å². The number of nitrogens with zero attached hydrogens (tertiary/aromatic N) is 5. The highest BCUT2D eigenvalue weighted by atomic mass is 19.3. The molecule has 3 aliphatic rings. The van der Waals surface area contributed by atoms with Gasteiger partial charge in [-0.05, 0) is 32.7 Å². The van der Waals surface area contributed by atoms with E-state index in [2.05, 4.69) is 27.3 Å². The quantitative estimate of drug-likeness (QED) is 0.865. The van der Waals surface area contributed by atoms with Crippen molar-refractivity contribution in [2.24, 2.45) is 0 Å². The Labute approximate surface area is 158 Å². The third-order valence-electron chi connectivity index (χ3n) is 6.39. The predicted molar refractivity (Wildman–Crippen MR) is 98.0 cm³/mol. The number of halogens is 2. The van der Waals surface area contributed by atoms with E-state index in [0.717, 1.165) is 29.9 Å². The molecule has 1 aromatic rings. The lowest BCUT2D eigenvalue weighted by Crippen LogP contribution is -2.56. The molecule has 0 saturated carbocycles. The van der Waals surface area contributed by atoms with Gasteiger partial charge in [0.2, 0.25) is 0 Å². The SMILES string of the molecule is CN1C2CCC1CC(N1CCN(C(=O)Nc3ccn(CC(F)F)n3)CC1)C2. The molecule has 0 aromatic carbocycles. The standard InChI is InChI=1S/C18H28F2N6O/c1-23-13-2-3-14(23)11-15(10-13)24-6-8-25(9-7-24)18(27)21-17-4-5-26(22-17)12-16(19)20/h4-5,13-16H,2-3,6-12H2,1H3,(H,21,22,27). The number of rotatable bonds is 4. The van der Waals surface area contributed by atoms with E-state index in [9.17, 15) is 13.6 Å². The highest BCUT2D eigenvalue weighted by Gasteiger charge is 2.41. The summed E-state index contributed by atoms with van der Waals surface area (Å²) in [6.45, 7) is 2.69. The van der Waals surface area contributed by atoms with Crippen molar-refractivity contribution in [2.75, 3.05) is 38.5 Å². The first-order chi connectivity index (χ1) is 13.0. The van der Waals surface area contributed by atoms with Gasteiger partial charge in [-0.1, -0.05) is 0 Å². The number of aromatic nitrogens is 2. The average molecular weight is 382 g/mol. The van der Waals surface area contributed by atoms with Crippen LogP contribution in [0.2, 0.25) is 0 Å². The molecule has 9 heteroatoms. The molecule has 3 fully saturated rings. The number of carbonyl (C=O) groups excluding carboxylic acids is 1. The number of piperazine rings is 1. The Kier molecular flexibility index (Phi) is 5.32. The van der Waals surface area contributed by atoms with Gasteiger partial charge < -0.3 is 9.80 Å². The topological polar surface area (TPSA) is 56.6 Å². The molecule has 150 valence electrons. The second-order valence-corrected chi connectivity index (χ2v) is 7.94. The molecule has 3 aliphatic heterocycles. The molecule has 3 saturated heterocycles. The molecule has 1 N–H and O–H groups in total. The molecule has 2 atom stereocenters. The molecule has 0 spiro atoms. The van der Waals surface area contributed by atoms with E-state index in [-0.39, 0.29) is 6.03 Å². The van der Waals surface area contributed by atoms with Gasteiger partial charge in [0.25, 0.3) is 6.43 Å². The summed E-state index contributed by atoms with van der Waals surface area (Å²) in [6, 6.07) is 3.41. The summed E-state index contributed by atoms with van der Waals surface area (Å²) in [6.07, 6.45) is 4.10. The molecule has 27 heavy (non-hydrogen) atoms. The van der Waals surface area contributed by atoms with Crippen molar-refractivity contribution in [1.29, 1.82) is 0 Å². The van der Waals surface area contributed by atoms with Gasteiger partial charge in [0, 0.05) is 56.6 Å². The normalized spacial score (nSPS) is 29.5. The second kappa shape index (κ2) is 7.71. The number of hydrogen-bond donors (Lipinski definition) is 1. The summed E-state index contributed by atoms with van der Waals surface area (Å²) in [5.74, 6) is 0.315. The van der Waals surface area contributed by atoms with Crippen molar-refractivity contribution < 1.29 is 13.6 Å². The maximum atomic E-state index is 12.4. The van der Waals surface area contributed by atoms with E-state index >= 15 is 0 Å². The fourth-order valence-electron chi connectivity index (χ4n) is 4.83. The van der Waals surface area contributed by atoms with Crippen LogP contribution in [-0.2, 0) is 6.54 Å². The molecular weight excluding hydrogens is 354 g/mol. The molecular formula is C18H28F2N6O. The number of urea groups is 1. The van der Waals surface area contributed by atoms with Crippen LogP contribution in [-0.4, -0.2) is 88.3 Å². The van der Waals surface area contributed by atoms with E-state index in [1.165, 1.54) is 31.9 Å². The number of fused-ring (bicyclic) bond motifs is 2. The molecule has 7 nitrogen and oxygen atoms in total. The van der Waals surface area contributed by atoms with Gasteiger partial charge in [-0.3, -0.25) is 14.9 Å². The van der Waals surface area contributed by atoms with E-state index in [4.69, 9.17) is 0 Å². The average Bonchev–Trinajstić information content (AvgIpc) is 3.13. The van der Waals surface area contributed by atoms with Crippen molar-refractivity contribution >= 4 is 11.8 Å². The maximum absolute atomic E-state index is 12.4. The maximum Gasteiger partial charge on any atom is 0.323 e. The number of carbonyl (C=O) groups is 1. The highest BCUT2D eigenvalue weighted by Crippen LogP contribution is 2.36. The molecule has 2 bridgehead atoms. The minimum absolute atomic E-state index is 0.208. The Morgan fingerprint density at radius 2 is 1.85 bits per heavy atom. The molecule has 1 aromatic heterocycles. The lowest BCUT2D eigenvalue weighted by molar-refractivity contribution is 0.0491. The Hall–Kier alpha value is -1.74. The molecule has 4 rings (SSSR count). The van der Waals surface area contributed by atoms with Crippen molar-refractivity contribution in [1.82, 2.24) is 24.5 Å². The minimum Gasteiger partial charge on any atom is -0.322 e. The zero-order valence-electron chi connectivity index (χ0n) is 15.7. The lowest BCUT2D eigenvalue weighted by atomic mass is 9.96. The molecule has 0 radical (unpaired) electrons. The smallest absolute Gasteiger partial charge is 0.322 e. The van der Waals surface area contributed by atoms with Gasteiger partial charge >= 0.3 is 6.03 Å². The Morgan fingerprint density at radius 3 is 2.48 bits per heavy atom. The van der Waals surface area contributed by atoms with Gasteiger partial charge in [0.05, 0.1) is 0 Å². The third-order valence-corrected chi connectivity index (χ3v) is 6.39. The van der Waals surface area contributed by atoms with E-state index < -0.39 is 13.0 Å². The summed E-state index contributed by atoms with van der Waals surface area (Å²) in [4.78, 5) is 19.3. The van der Waals surface area contributed by atoms with Crippen LogP contribution in [0.1, 0.15) is 25.7 Å². The first-order valence-corrected chi connectivity index (χ1v) is 9.83. The summed E-state index contributed by atoms with van der Waals surface area (Å²) in [5, 5.41) is 6.68. The number of amides is 2. The van der Waals surface area contributed by atoms with E-state index in [0.29, 0.717) is 24.9 Å². The number of anilines is 1. The van der Waals surface area contributed by atoms with Crippen molar-refractivity contribution in [3.8, 4) is 0 Å². The van der Waals surface area contributed by atoms with Crippen LogP contribution in [0.4, 0.5) is 19.4 Å². The van der Waals surface area contributed by atoms with Crippen LogP contribution in [0.15, 0.2) is 12.3 Å². The van der Waals surface area contributed by atoms with Crippen molar-refractivity contribution in [2.45, 2.75) is 56.8 Å². The summed E-state index contributed by atoms with van der Waals surface area (Å²) in [5.41, 5.74) is 0. The summed E-state index contributed by atoms with van der Waals surface area (Å²) in [7, 11) is 2.25. The highest BCUT2D eigenvalue weighted by molar-refractivity contribution is 5.88. The van der Waals surface area contributed by atoms with Crippen LogP contribution in [0.3, 0.4) is 0 Å². The number of hydrogen-bond acceptors (Lipinski definition) is 4. The molecule has 0 aliphatic carbocycles. The second-order valence-electron chi connectivity index (χ2n) is 7.94. The van der Waals surface area contributed by atoms with Crippen LogP contribution >= 0.6 is 0 Å². The van der Waals surface area contributed by atoms with Gasteiger partial charge in [-0.25, -0.2) is 13.6 Å². The third kappa shape index (κ3) is 4.08. The Bertz CT molecular complexity index is 646. The molecule has 2 amide bonds. The summed E-state index contributed by atoms with van der Waals surface area (Å²) < 4.78 is 25.9. The fraction of sp³-hybridized carbons (Fsp3) is 0.778. The number of nitrogens with one attached hydrogen (secondary N) is 1. The van der Waals surface area contributed by atoms with Crippen molar-refractivity contribution in [3.63, 3.8) is 0 Å². The first kappa shape index (κ1) is 18.6. The monoisotopic (exact) mass is 382 g/mol. The van der Waals surface area contributed by atoms with Gasteiger partial charge in [-0.2, -0.15) is 5.10 Å². The fourth-order valence-corrected chi connectivity index (χ4v) is 4.83.